The fourth-order valence-electron chi connectivity index (χ4n) is 5.44. The van der Waals surface area contributed by atoms with Crippen molar-refractivity contribution >= 4 is 0 Å². The molecule has 0 saturated heterocycles. The second-order valence-electron chi connectivity index (χ2n) is 6.96. The molecule has 4 aliphatic rings. The lowest BCUT2D eigenvalue weighted by Crippen LogP contribution is -2.47. The fourth-order valence-corrected chi connectivity index (χ4v) is 5.44. The van der Waals surface area contributed by atoms with Crippen molar-refractivity contribution in [2.75, 3.05) is 0 Å². The van der Waals surface area contributed by atoms with Crippen LogP contribution in [0.15, 0.2) is 24.5 Å². The highest BCUT2D eigenvalue weighted by Crippen LogP contribution is 2.60. The van der Waals surface area contributed by atoms with Gasteiger partial charge in [-0.05, 0) is 79.7 Å². The van der Waals surface area contributed by atoms with E-state index in [0.717, 1.165) is 17.8 Å². The Balaban J connectivity index is 1.61. The monoisotopic (exact) mass is 227 g/mol. The van der Waals surface area contributed by atoms with Crippen molar-refractivity contribution in [3.05, 3.63) is 30.1 Å². The van der Waals surface area contributed by atoms with Crippen molar-refractivity contribution in [3.8, 4) is 0 Å². The Kier molecular flexibility index (Phi) is 2.12. The molecule has 4 bridgehead atoms. The van der Waals surface area contributed by atoms with Gasteiger partial charge in [-0.15, -0.1) is 0 Å². The Morgan fingerprint density at radius 1 is 1.06 bits per heavy atom. The maximum Gasteiger partial charge on any atom is 0.0300 e. The summed E-state index contributed by atoms with van der Waals surface area (Å²) in [5.41, 5.74) is 2.13. The van der Waals surface area contributed by atoms with Gasteiger partial charge in [-0.3, -0.25) is 4.98 Å². The molecule has 1 aromatic heterocycles. The molecule has 0 spiro atoms. The van der Waals surface area contributed by atoms with E-state index in [2.05, 4.69) is 23.3 Å². The standard InChI is InChI=1S/C16H21N/c1-2-12(11-17-3-1)7-16-8-13-4-14(9-16)6-15(5-13)10-16/h1-3,11,13-15H,4-10H2. The summed E-state index contributed by atoms with van der Waals surface area (Å²) < 4.78 is 0. The highest BCUT2D eigenvalue weighted by Gasteiger charge is 2.50. The maximum absolute atomic E-state index is 4.28. The van der Waals surface area contributed by atoms with E-state index in [0.29, 0.717) is 5.41 Å². The summed E-state index contributed by atoms with van der Waals surface area (Å²) in [6, 6.07) is 4.36. The van der Waals surface area contributed by atoms with E-state index in [9.17, 15) is 0 Å². The zero-order valence-electron chi connectivity index (χ0n) is 10.4. The first-order valence-electron chi connectivity index (χ1n) is 7.20. The Morgan fingerprint density at radius 3 is 2.24 bits per heavy atom. The predicted octanol–water partition coefficient (Wildman–Crippen LogP) is 3.84. The molecule has 0 aliphatic heterocycles. The van der Waals surface area contributed by atoms with Gasteiger partial charge >= 0.3 is 0 Å². The molecule has 0 aromatic carbocycles. The Morgan fingerprint density at radius 2 is 1.71 bits per heavy atom. The lowest BCUT2D eigenvalue weighted by Gasteiger charge is -2.57. The summed E-state index contributed by atoms with van der Waals surface area (Å²) in [5, 5.41) is 0. The van der Waals surface area contributed by atoms with E-state index in [1.165, 1.54) is 31.2 Å². The lowest BCUT2D eigenvalue weighted by molar-refractivity contribution is -0.0522. The van der Waals surface area contributed by atoms with Crippen molar-refractivity contribution in [1.29, 1.82) is 0 Å². The van der Waals surface area contributed by atoms with Crippen LogP contribution in [0.25, 0.3) is 0 Å². The van der Waals surface area contributed by atoms with Gasteiger partial charge in [0.1, 0.15) is 0 Å². The molecule has 0 N–H and O–H groups in total. The van der Waals surface area contributed by atoms with Crippen molar-refractivity contribution < 1.29 is 0 Å². The van der Waals surface area contributed by atoms with Crippen LogP contribution in [0.5, 0.6) is 0 Å². The molecule has 0 unspecified atom stereocenters. The lowest BCUT2D eigenvalue weighted by atomic mass is 9.48. The molecule has 1 heterocycles. The summed E-state index contributed by atoms with van der Waals surface area (Å²) in [6.07, 6.45) is 14.4. The van der Waals surface area contributed by atoms with E-state index in [1.54, 1.807) is 19.3 Å². The van der Waals surface area contributed by atoms with Crippen LogP contribution < -0.4 is 0 Å². The molecular weight excluding hydrogens is 206 g/mol. The number of hydrogen-bond acceptors (Lipinski definition) is 1. The summed E-state index contributed by atoms with van der Waals surface area (Å²) in [6.45, 7) is 0. The maximum atomic E-state index is 4.28. The fraction of sp³-hybridized carbons (Fsp3) is 0.688. The number of rotatable bonds is 2. The molecule has 1 heteroatoms. The minimum Gasteiger partial charge on any atom is -0.264 e. The van der Waals surface area contributed by atoms with Crippen molar-refractivity contribution in [2.45, 2.75) is 44.9 Å². The van der Waals surface area contributed by atoms with E-state index in [4.69, 9.17) is 0 Å². The van der Waals surface area contributed by atoms with Crippen LogP contribution in [0, 0.1) is 23.2 Å². The van der Waals surface area contributed by atoms with Crippen molar-refractivity contribution in [2.24, 2.45) is 23.2 Å². The summed E-state index contributed by atoms with van der Waals surface area (Å²) in [5.74, 6) is 3.20. The topological polar surface area (TPSA) is 12.9 Å². The highest BCUT2D eigenvalue weighted by molar-refractivity contribution is 5.14. The van der Waals surface area contributed by atoms with Crippen LogP contribution in [-0.2, 0) is 6.42 Å². The summed E-state index contributed by atoms with van der Waals surface area (Å²) in [7, 11) is 0. The molecule has 4 fully saturated rings. The van der Waals surface area contributed by atoms with Gasteiger partial charge in [0, 0.05) is 12.4 Å². The van der Waals surface area contributed by atoms with Crippen LogP contribution in [0.1, 0.15) is 44.1 Å². The molecule has 4 aliphatic carbocycles. The normalized spacial score (nSPS) is 42.9. The highest BCUT2D eigenvalue weighted by atomic mass is 14.6. The quantitative estimate of drug-likeness (QED) is 0.748. The predicted molar refractivity (Wildman–Crippen MR) is 68.5 cm³/mol. The summed E-state index contributed by atoms with van der Waals surface area (Å²) >= 11 is 0. The molecule has 1 nitrogen and oxygen atoms in total. The number of aromatic nitrogens is 1. The van der Waals surface area contributed by atoms with Gasteiger partial charge in [0.05, 0.1) is 0 Å². The molecule has 90 valence electrons. The SMILES string of the molecule is c1cncc(CC23CC4CC(CC(C4)C2)C3)c1. The second kappa shape index (κ2) is 3.57. The van der Waals surface area contributed by atoms with Crippen LogP contribution in [0.3, 0.4) is 0 Å². The molecule has 0 radical (unpaired) electrons. The first-order chi connectivity index (χ1) is 8.31. The summed E-state index contributed by atoms with van der Waals surface area (Å²) in [4.78, 5) is 4.28. The molecule has 0 amide bonds. The molecular formula is C16H21N. The van der Waals surface area contributed by atoms with Gasteiger partial charge in [-0.2, -0.15) is 0 Å². The third kappa shape index (κ3) is 1.71. The second-order valence-corrected chi connectivity index (χ2v) is 6.96. The van der Waals surface area contributed by atoms with E-state index >= 15 is 0 Å². The van der Waals surface area contributed by atoms with Crippen molar-refractivity contribution in [1.82, 2.24) is 4.98 Å². The van der Waals surface area contributed by atoms with Gasteiger partial charge in [-0.25, -0.2) is 0 Å². The third-order valence-corrected chi connectivity index (χ3v) is 5.47. The molecule has 17 heavy (non-hydrogen) atoms. The largest absolute Gasteiger partial charge is 0.264 e. The minimum absolute atomic E-state index is 0.664. The number of nitrogens with zero attached hydrogens (tertiary/aromatic N) is 1. The minimum atomic E-state index is 0.664. The Bertz CT molecular complexity index is 374. The van der Waals surface area contributed by atoms with E-state index in [1.807, 2.05) is 6.20 Å². The van der Waals surface area contributed by atoms with Crippen LogP contribution in [0.4, 0.5) is 0 Å². The number of hydrogen-bond donors (Lipinski definition) is 0. The Hall–Kier alpha value is -0.850. The molecule has 0 atom stereocenters. The van der Waals surface area contributed by atoms with Gasteiger partial charge in [0.15, 0.2) is 0 Å². The van der Waals surface area contributed by atoms with Crippen molar-refractivity contribution in [3.63, 3.8) is 0 Å². The molecule has 5 rings (SSSR count). The molecule has 1 aromatic rings. The first kappa shape index (κ1) is 10.1. The van der Waals surface area contributed by atoms with Gasteiger partial charge in [0.2, 0.25) is 0 Å². The Labute approximate surface area is 104 Å². The smallest absolute Gasteiger partial charge is 0.0300 e. The van der Waals surface area contributed by atoms with E-state index < -0.39 is 0 Å². The third-order valence-electron chi connectivity index (χ3n) is 5.47. The van der Waals surface area contributed by atoms with Gasteiger partial charge < -0.3 is 0 Å². The van der Waals surface area contributed by atoms with Crippen LogP contribution in [0.2, 0.25) is 0 Å². The van der Waals surface area contributed by atoms with E-state index in [-0.39, 0.29) is 0 Å². The average Bonchev–Trinajstić information content (AvgIpc) is 2.27. The zero-order valence-corrected chi connectivity index (χ0v) is 10.4. The average molecular weight is 227 g/mol. The van der Waals surface area contributed by atoms with Crippen LogP contribution in [-0.4, -0.2) is 4.98 Å². The van der Waals surface area contributed by atoms with Gasteiger partial charge in [-0.1, -0.05) is 6.07 Å². The van der Waals surface area contributed by atoms with Crippen LogP contribution >= 0.6 is 0 Å². The first-order valence-corrected chi connectivity index (χ1v) is 7.20. The molecule has 4 saturated carbocycles. The van der Waals surface area contributed by atoms with Gasteiger partial charge in [0.25, 0.3) is 0 Å². The number of pyridine rings is 1. The zero-order chi connectivity index (χ0) is 11.3.